The van der Waals surface area contributed by atoms with E-state index in [2.05, 4.69) is 21.7 Å². The first-order valence-electron chi connectivity index (χ1n) is 14.0. The van der Waals surface area contributed by atoms with Crippen LogP contribution in [-0.4, -0.2) is 61.9 Å². The maximum atomic E-state index is 13.7. The van der Waals surface area contributed by atoms with E-state index in [9.17, 15) is 28.6 Å². The Labute approximate surface area is 259 Å². The van der Waals surface area contributed by atoms with Gasteiger partial charge in [0.2, 0.25) is 15.9 Å². The van der Waals surface area contributed by atoms with Gasteiger partial charge in [0.05, 0.1) is 41.8 Å². The molecule has 3 aromatic carbocycles. The van der Waals surface area contributed by atoms with Crippen molar-refractivity contribution in [2.24, 2.45) is 0 Å². The first kappa shape index (κ1) is 31.2. The van der Waals surface area contributed by atoms with Crippen LogP contribution < -0.4 is 20.1 Å². The molecule has 2 N–H and O–H groups in total. The lowest BCUT2D eigenvalue weighted by atomic mass is 10.0. The number of carbonyl (C=O) groups is 1. The average molecular weight is 631 g/mol. The molecule has 13 nitrogen and oxygen atoms in total. The van der Waals surface area contributed by atoms with Crippen LogP contribution in [0.5, 0.6) is 11.5 Å². The zero-order valence-electron chi connectivity index (χ0n) is 24.6. The van der Waals surface area contributed by atoms with E-state index < -0.39 is 25.5 Å². The van der Waals surface area contributed by atoms with E-state index in [1.165, 1.54) is 31.5 Å². The molecule has 0 saturated carbocycles. The maximum absolute atomic E-state index is 13.7. The second-order valence-corrected chi connectivity index (χ2v) is 12.2. The molecule has 5 rings (SSSR count). The van der Waals surface area contributed by atoms with Crippen LogP contribution in [0, 0.1) is 28.4 Å². The van der Waals surface area contributed by atoms with Gasteiger partial charge in [-0.3, -0.25) is 19.9 Å². The van der Waals surface area contributed by atoms with E-state index >= 15 is 0 Å². The van der Waals surface area contributed by atoms with Crippen LogP contribution in [-0.2, 0) is 21.2 Å². The highest BCUT2D eigenvalue weighted by atomic mass is 32.2. The predicted molar refractivity (Wildman–Crippen MR) is 166 cm³/mol. The molecule has 1 aromatic heterocycles. The van der Waals surface area contributed by atoms with Crippen LogP contribution >= 0.6 is 0 Å². The summed E-state index contributed by atoms with van der Waals surface area (Å²) in [5.74, 6) is 0.382. The third kappa shape index (κ3) is 6.64. The normalized spacial score (nSPS) is 14.7. The van der Waals surface area contributed by atoms with Gasteiger partial charge in [0.25, 0.3) is 5.69 Å². The lowest BCUT2D eigenvalue weighted by molar-refractivity contribution is -0.387. The Morgan fingerprint density at radius 2 is 1.96 bits per heavy atom. The van der Waals surface area contributed by atoms with Crippen molar-refractivity contribution in [3.8, 4) is 17.6 Å². The number of hydrogen-bond donors (Lipinski definition) is 2. The Morgan fingerprint density at radius 3 is 2.71 bits per heavy atom. The van der Waals surface area contributed by atoms with Gasteiger partial charge in [-0.1, -0.05) is 24.3 Å². The third-order valence-corrected chi connectivity index (χ3v) is 9.27. The number of ether oxygens (including phenoxy) is 2. The number of nitriles is 1. The molecule has 0 spiro atoms. The van der Waals surface area contributed by atoms with Crippen molar-refractivity contribution in [3.05, 3.63) is 87.6 Å². The van der Waals surface area contributed by atoms with Crippen molar-refractivity contribution in [2.45, 2.75) is 24.7 Å². The summed E-state index contributed by atoms with van der Waals surface area (Å²) < 4.78 is 40.1. The molecule has 1 amide bonds. The zero-order valence-corrected chi connectivity index (χ0v) is 25.4. The largest absolute Gasteiger partial charge is 0.493 e. The number of pyridine rings is 1. The van der Waals surface area contributed by atoms with Crippen molar-refractivity contribution in [1.82, 2.24) is 14.6 Å². The summed E-state index contributed by atoms with van der Waals surface area (Å²) in [7, 11) is -2.84. The lowest BCUT2D eigenvalue weighted by Crippen LogP contribution is -2.40. The highest BCUT2D eigenvalue weighted by molar-refractivity contribution is 7.89. The smallest absolute Gasteiger partial charge is 0.289 e. The standard InChI is InChI=1S/C31H30N6O7S/c1-20-8-9-21-15-30(38)33-10-12-36(45(41,42)29-7-4-3-6-26(29)37(39)40)11-5-13-44-28-16-23-25(17-27(28)43-2)34-19-22(18-32)31(23)35-24(21)14-20/h3-4,6-9,14,16-17,19,35H,5,10-13,15H2,1-2H3,(H,33,38). The topological polar surface area (TPSA) is 177 Å². The number of nitrogens with one attached hydrogen (secondary N) is 2. The van der Waals surface area contributed by atoms with Crippen molar-refractivity contribution < 1.29 is 27.6 Å². The van der Waals surface area contributed by atoms with Crippen LogP contribution in [0.3, 0.4) is 0 Å². The monoisotopic (exact) mass is 630 g/mol. The predicted octanol–water partition coefficient (Wildman–Crippen LogP) is 4.21. The van der Waals surface area contributed by atoms with E-state index in [1.807, 2.05) is 25.1 Å². The highest BCUT2D eigenvalue weighted by Crippen LogP contribution is 2.38. The number of nitrogens with zero attached hydrogens (tertiary/aromatic N) is 4. The van der Waals surface area contributed by atoms with Crippen LogP contribution in [0.15, 0.2) is 65.7 Å². The third-order valence-electron chi connectivity index (χ3n) is 7.32. The molecule has 0 radical (unpaired) electrons. The molecule has 232 valence electrons. The van der Waals surface area contributed by atoms with E-state index in [1.54, 1.807) is 12.1 Å². The Balaban J connectivity index is 1.57. The van der Waals surface area contributed by atoms with Gasteiger partial charge in [0, 0.05) is 49.0 Å². The fourth-order valence-corrected chi connectivity index (χ4v) is 6.72. The van der Waals surface area contributed by atoms with E-state index in [0.29, 0.717) is 39.3 Å². The molecule has 0 unspecified atom stereocenters. The Bertz CT molecular complexity index is 1940. The first-order chi connectivity index (χ1) is 21.6. The van der Waals surface area contributed by atoms with Crippen molar-refractivity contribution in [1.29, 1.82) is 5.26 Å². The number of fused-ring (bicyclic) bond motifs is 2. The number of nitro benzene ring substituents is 1. The highest BCUT2D eigenvalue weighted by Gasteiger charge is 2.31. The molecule has 4 aromatic rings. The number of aryl methyl sites for hydroxylation is 1. The number of methoxy groups -OCH3 is 1. The zero-order chi connectivity index (χ0) is 32.1. The number of para-hydroxylation sites is 1. The Hall–Kier alpha value is -5.26. The number of benzene rings is 3. The van der Waals surface area contributed by atoms with Crippen LogP contribution in [0.1, 0.15) is 23.1 Å². The van der Waals surface area contributed by atoms with Crippen LogP contribution in [0.25, 0.3) is 10.9 Å². The molecular formula is C31H30N6O7S. The minimum absolute atomic E-state index is 0.0351. The van der Waals surface area contributed by atoms with Gasteiger partial charge in [-0.15, -0.1) is 0 Å². The van der Waals surface area contributed by atoms with Crippen LogP contribution in [0.4, 0.5) is 17.1 Å². The number of amides is 1. The molecule has 0 saturated heterocycles. The summed E-state index contributed by atoms with van der Waals surface area (Å²) in [6.07, 6.45) is 1.63. The van der Waals surface area contributed by atoms with E-state index in [-0.39, 0.29) is 50.6 Å². The molecular weight excluding hydrogens is 600 g/mol. The summed E-state index contributed by atoms with van der Waals surface area (Å²) in [6, 6.07) is 16.2. The maximum Gasteiger partial charge on any atom is 0.289 e. The van der Waals surface area contributed by atoms with Crippen molar-refractivity contribution >= 4 is 43.9 Å². The number of sulfonamides is 1. The van der Waals surface area contributed by atoms with Gasteiger partial charge in [-0.25, -0.2) is 8.42 Å². The summed E-state index contributed by atoms with van der Waals surface area (Å²) in [6.45, 7) is 1.76. The van der Waals surface area contributed by atoms with Gasteiger partial charge < -0.3 is 20.1 Å². The number of rotatable bonds is 4. The van der Waals surface area contributed by atoms with Gasteiger partial charge >= 0.3 is 0 Å². The van der Waals surface area contributed by atoms with Gasteiger partial charge in [-0.05, 0) is 42.7 Å². The molecule has 1 aliphatic heterocycles. The second-order valence-electron chi connectivity index (χ2n) is 10.3. The fraction of sp³-hybridized carbons (Fsp3) is 0.258. The molecule has 1 aliphatic rings. The lowest BCUT2D eigenvalue weighted by Gasteiger charge is -2.22. The van der Waals surface area contributed by atoms with Crippen molar-refractivity contribution in [3.63, 3.8) is 0 Å². The average Bonchev–Trinajstić information content (AvgIpc) is 3.02. The van der Waals surface area contributed by atoms with E-state index in [0.717, 1.165) is 15.9 Å². The SMILES string of the molecule is COc1cc2ncc(C#N)c3c2cc1OCCCN(S(=O)(=O)c1ccccc1[N+](=O)[O-])CCNC(=O)Cc1ccc(C)cc1N3. The summed E-state index contributed by atoms with van der Waals surface area (Å²) in [5.41, 5.74) is 2.93. The summed E-state index contributed by atoms with van der Waals surface area (Å²) in [4.78, 5) is 28.0. The molecule has 2 bridgehead atoms. The van der Waals surface area contributed by atoms with Gasteiger partial charge in [-0.2, -0.15) is 9.57 Å². The quantitative estimate of drug-likeness (QED) is 0.245. The van der Waals surface area contributed by atoms with Crippen LogP contribution in [0.2, 0.25) is 0 Å². The number of carbonyl (C=O) groups excluding carboxylic acids is 1. The van der Waals surface area contributed by atoms with E-state index in [4.69, 9.17) is 9.47 Å². The van der Waals surface area contributed by atoms with Gasteiger partial charge in [0.1, 0.15) is 6.07 Å². The molecule has 45 heavy (non-hydrogen) atoms. The molecule has 14 heteroatoms. The number of hydrogen-bond acceptors (Lipinski definition) is 10. The molecule has 0 atom stereocenters. The Morgan fingerprint density at radius 1 is 1.16 bits per heavy atom. The number of nitro groups is 1. The molecule has 0 aliphatic carbocycles. The fourth-order valence-electron chi connectivity index (χ4n) is 5.08. The van der Waals surface area contributed by atoms with Gasteiger partial charge in [0.15, 0.2) is 16.4 Å². The second kappa shape index (κ2) is 13.2. The first-order valence-corrected chi connectivity index (χ1v) is 15.5. The minimum Gasteiger partial charge on any atom is -0.493 e. The number of aromatic nitrogens is 1. The Kier molecular flexibility index (Phi) is 9.12. The number of anilines is 2. The molecule has 0 fully saturated rings. The minimum atomic E-state index is -4.32. The summed E-state index contributed by atoms with van der Waals surface area (Å²) in [5, 5.41) is 28.3. The molecule has 2 heterocycles. The summed E-state index contributed by atoms with van der Waals surface area (Å²) >= 11 is 0. The van der Waals surface area contributed by atoms with Crippen molar-refractivity contribution in [2.75, 3.05) is 38.7 Å².